The van der Waals surface area contributed by atoms with E-state index in [0.717, 1.165) is 40.7 Å². The molecule has 5 nitrogen and oxygen atoms in total. The van der Waals surface area contributed by atoms with Gasteiger partial charge in [0.25, 0.3) is 0 Å². The molecule has 1 aromatic carbocycles. The molecule has 0 spiro atoms. The number of rotatable bonds is 5. The van der Waals surface area contributed by atoms with Crippen LogP contribution in [0.5, 0.6) is 11.5 Å². The third-order valence-corrected chi connectivity index (χ3v) is 5.24. The lowest BCUT2D eigenvalue weighted by Crippen LogP contribution is -2.30. The van der Waals surface area contributed by atoms with Crippen molar-refractivity contribution in [2.45, 2.75) is 25.7 Å². The maximum absolute atomic E-state index is 12.5. The quantitative estimate of drug-likeness (QED) is 0.835. The number of likely N-dealkylation sites (tertiary alicyclic amines) is 1. The summed E-state index contributed by atoms with van der Waals surface area (Å²) in [4.78, 5) is 18.8. The molecular weight excluding hydrogens is 324 g/mol. The Kier molecular flexibility index (Phi) is 5.04. The highest BCUT2D eigenvalue weighted by atomic mass is 32.1. The Morgan fingerprint density at radius 2 is 2.21 bits per heavy atom. The van der Waals surface area contributed by atoms with E-state index >= 15 is 0 Å². The highest BCUT2D eigenvalue weighted by Gasteiger charge is 2.29. The summed E-state index contributed by atoms with van der Waals surface area (Å²) < 4.78 is 10.8. The van der Waals surface area contributed by atoms with Crippen molar-refractivity contribution < 1.29 is 14.3 Å². The van der Waals surface area contributed by atoms with Gasteiger partial charge in [-0.2, -0.15) is 0 Å². The van der Waals surface area contributed by atoms with Crippen LogP contribution in [-0.2, 0) is 11.2 Å². The largest absolute Gasteiger partial charge is 0.497 e. The van der Waals surface area contributed by atoms with Crippen LogP contribution >= 0.6 is 11.3 Å². The number of aryl methyl sites for hydroxylation is 1. The fourth-order valence-corrected chi connectivity index (χ4v) is 3.77. The van der Waals surface area contributed by atoms with E-state index in [0.29, 0.717) is 13.0 Å². The summed E-state index contributed by atoms with van der Waals surface area (Å²) in [7, 11) is 3.33. The van der Waals surface area contributed by atoms with Crippen LogP contribution in [0.2, 0.25) is 0 Å². The summed E-state index contributed by atoms with van der Waals surface area (Å²) >= 11 is 1.58. The monoisotopic (exact) mass is 346 g/mol. The van der Waals surface area contributed by atoms with Gasteiger partial charge in [-0.1, -0.05) is 0 Å². The van der Waals surface area contributed by atoms with Crippen molar-refractivity contribution in [3.05, 3.63) is 39.8 Å². The van der Waals surface area contributed by atoms with Crippen molar-refractivity contribution in [3.63, 3.8) is 0 Å². The molecule has 2 heterocycles. The molecule has 0 saturated carbocycles. The zero-order valence-electron chi connectivity index (χ0n) is 14.2. The molecule has 1 amide bonds. The zero-order valence-corrected chi connectivity index (χ0v) is 15.1. The van der Waals surface area contributed by atoms with Gasteiger partial charge in [0.05, 0.1) is 31.3 Å². The first-order valence-electron chi connectivity index (χ1n) is 8.01. The Morgan fingerprint density at radius 3 is 2.88 bits per heavy atom. The summed E-state index contributed by atoms with van der Waals surface area (Å²) in [6.45, 7) is 3.44. The van der Waals surface area contributed by atoms with E-state index in [9.17, 15) is 4.79 Å². The van der Waals surface area contributed by atoms with Gasteiger partial charge in [0, 0.05) is 30.0 Å². The zero-order chi connectivity index (χ0) is 17.1. The van der Waals surface area contributed by atoms with Crippen LogP contribution in [-0.4, -0.2) is 43.1 Å². The molecule has 1 aliphatic heterocycles. The maximum atomic E-state index is 12.5. The standard InChI is InChI=1S/C18H22N2O3S/c1-12-19-14(11-24-12)8-18(21)20-7-6-13(10-20)16-9-15(22-2)4-5-17(16)23-3/h4-5,9,11,13H,6-8,10H2,1-3H3. The van der Waals surface area contributed by atoms with Gasteiger partial charge in [-0.3, -0.25) is 4.79 Å². The van der Waals surface area contributed by atoms with Crippen LogP contribution in [0.25, 0.3) is 0 Å². The van der Waals surface area contributed by atoms with Gasteiger partial charge in [0.2, 0.25) is 5.91 Å². The Hall–Kier alpha value is -2.08. The summed E-state index contributed by atoms with van der Waals surface area (Å²) in [5, 5.41) is 2.96. The van der Waals surface area contributed by atoms with Gasteiger partial charge in [-0.25, -0.2) is 4.98 Å². The number of ether oxygens (including phenoxy) is 2. The van der Waals surface area contributed by atoms with Crippen molar-refractivity contribution in [1.82, 2.24) is 9.88 Å². The minimum Gasteiger partial charge on any atom is -0.497 e. The number of methoxy groups -OCH3 is 2. The van der Waals surface area contributed by atoms with Gasteiger partial charge in [-0.05, 0) is 31.5 Å². The summed E-state index contributed by atoms with van der Waals surface area (Å²) in [6, 6.07) is 5.84. The molecule has 0 aliphatic carbocycles. The van der Waals surface area contributed by atoms with Gasteiger partial charge >= 0.3 is 0 Å². The first-order chi connectivity index (χ1) is 11.6. The van der Waals surface area contributed by atoms with E-state index in [1.165, 1.54) is 0 Å². The van der Waals surface area contributed by atoms with Crippen LogP contribution in [0.3, 0.4) is 0 Å². The average Bonchev–Trinajstić information content (AvgIpc) is 3.23. The molecule has 0 bridgehead atoms. The fourth-order valence-electron chi connectivity index (χ4n) is 3.16. The molecule has 0 radical (unpaired) electrons. The fraction of sp³-hybridized carbons (Fsp3) is 0.444. The SMILES string of the molecule is COc1ccc(OC)c(C2CCN(C(=O)Cc3csc(C)n3)C2)c1. The number of thiazole rings is 1. The smallest absolute Gasteiger partial charge is 0.228 e. The summed E-state index contributed by atoms with van der Waals surface area (Å²) in [6.07, 6.45) is 1.32. The van der Waals surface area contributed by atoms with Crippen LogP contribution < -0.4 is 9.47 Å². The van der Waals surface area contributed by atoms with E-state index in [1.807, 2.05) is 35.4 Å². The van der Waals surface area contributed by atoms with E-state index in [1.54, 1.807) is 25.6 Å². The number of amides is 1. The molecule has 1 saturated heterocycles. The second-order valence-electron chi connectivity index (χ2n) is 5.97. The molecule has 2 aromatic rings. The predicted molar refractivity (Wildman–Crippen MR) is 94.0 cm³/mol. The molecule has 1 aromatic heterocycles. The highest BCUT2D eigenvalue weighted by molar-refractivity contribution is 7.09. The molecule has 128 valence electrons. The molecule has 6 heteroatoms. The number of hydrogen-bond acceptors (Lipinski definition) is 5. The first-order valence-corrected chi connectivity index (χ1v) is 8.89. The average molecular weight is 346 g/mol. The molecular formula is C18H22N2O3S. The minimum absolute atomic E-state index is 0.143. The lowest BCUT2D eigenvalue weighted by Gasteiger charge is -2.18. The lowest BCUT2D eigenvalue weighted by molar-refractivity contribution is -0.129. The second kappa shape index (κ2) is 7.21. The number of aromatic nitrogens is 1. The highest BCUT2D eigenvalue weighted by Crippen LogP contribution is 2.36. The third-order valence-electron chi connectivity index (χ3n) is 4.42. The molecule has 1 atom stereocenters. The lowest BCUT2D eigenvalue weighted by atomic mass is 9.97. The van der Waals surface area contributed by atoms with Crippen LogP contribution in [0.15, 0.2) is 23.6 Å². The van der Waals surface area contributed by atoms with Gasteiger partial charge < -0.3 is 14.4 Å². The van der Waals surface area contributed by atoms with Gasteiger partial charge in [-0.15, -0.1) is 11.3 Å². The second-order valence-corrected chi connectivity index (χ2v) is 7.03. The number of benzene rings is 1. The van der Waals surface area contributed by atoms with E-state index in [4.69, 9.17) is 9.47 Å². The molecule has 24 heavy (non-hydrogen) atoms. The predicted octanol–water partition coefficient (Wildman–Crippen LogP) is 3.03. The van der Waals surface area contributed by atoms with Crippen molar-refractivity contribution >= 4 is 17.2 Å². The molecule has 1 unspecified atom stereocenters. The third kappa shape index (κ3) is 3.53. The Bertz CT molecular complexity index is 729. The van der Waals surface area contributed by atoms with Crippen LogP contribution in [0, 0.1) is 6.92 Å². The van der Waals surface area contributed by atoms with Crippen molar-refractivity contribution in [3.8, 4) is 11.5 Å². The van der Waals surface area contributed by atoms with Gasteiger partial charge in [0.15, 0.2) is 0 Å². The Labute approximate surface area is 146 Å². The van der Waals surface area contributed by atoms with Gasteiger partial charge in [0.1, 0.15) is 11.5 Å². The summed E-state index contributed by atoms with van der Waals surface area (Å²) in [5.41, 5.74) is 1.97. The minimum atomic E-state index is 0.143. The van der Waals surface area contributed by atoms with E-state index in [2.05, 4.69) is 4.98 Å². The van der Waals surface area contributed by atoms with E-state index in [-0.39, 0.29) is 11.8 Å². The maximum Gasteiger partial charge on any atom is 0.228 e. The first kappa shape index (κ1) is 16.8. The van der Waals surface area contributed by atoms with E-state index < -0.39 is 0 Å². The van der Waals surface area contributed by atoms with Crippen molar-refractivity contribution in [2.75, 3.05) is 27.3 Å². The normalized spacial score (nSPS) is 17.1. The number of carbonyl (C=O) groups excluding carboxylic acids is 1. The topological polar surface area (TPSA) is 51.7 Å². The van der Waals surface area contributed by atoms with Crippen LogP contribution in [0.4, 0.5) is 0 Å². The van der Waals surface area contributed by atoms with Crippen molar-refractivity contribution in [1.29, 1.82) is 0 Å². The number of nitrogens with zero attached hydrogens (tertiary/aromatic N) is 2. The van der Waals surface area contributed by atoms with Crippen LogP contribution in [0.1, 0.15) is 28.6 Å². The molecule has 1 aliphatic rings. The Morgan fingerprint density at radius 1 is 1.38 bits per heavy atom. The molecule has 3 rings (SSSR count). The van der Waals surface area contributed by atoms with Crippen molar-refractivity contribution in [2.24, 2.45) is 0 Å². The number of carbonyl (C=O) groups is 1. The summed E-state index contributed by atoms with van der Waals surface area (Å²) in [5.74, 6) is 2.08. The number of hydrogen-bond donors (Lipinski definition) is 0. The molecule has 0 N–H and O–H groups in total. The molecule has 1 fully saturated rings. The Balaban J connectivity index is 1.69.